The number of aromatic nitrogens is 4. The fraction of sp³-hybridized carbons (Fsp3) is 0.759. The number of carbonyl (C=O) groups excluding carboxylic acids is 2. The van der Waals surface area contributed by atoms with Gasteiger partial charge in [-0.2, -0.15) is 0 Å². The van der Waals surface area contributed by atoms with Crippen molar-refractivity contribution in [2.24, 2.45) is 0 Å². The maximum absolute atomic E-state index is 12.7. The SMILES string of the molecule is CCCCCCCC(=O)OC[C@@H](COP(=O)(O)OC[C@H]1O[C@@H](n2cnc3c(N)ncnc32)[C@@H](O)C1O)OC(=O)CCCCCCC. The van der Waals surface area contributed by atoms with Crippen molar-refractivity contribution >= 4 is 36.7 Å². The summed E-state index contributed by atoms with van der Waals surface area (Å²) < 4.78 is 40.6. The third-order valence-electron chi connectivity index (χ3n) is 7.52. The number of nitrogens with two attached hydrogens (primary N) is 1. The highest BCUT2D eigenvalue weighted by Gasteiger charge is 2.45. The smallest absolute Gasteiger partial charge is 0.462 e. The Kier molecular flexibility index (Phi) is 15.7. The van der Waals surface area contributed by atoms with Gasteiger partial charge in [0.2, 0.25) is 0 Å². The Labute approximate surface area is 268 Å². The molecule has 16 nitrogen and oxygen atoms in total. The third kappa shape index (κ3) is 11.8. The molecule has 1 aliphatic rings. The van der Waals surface area contributed by atoms with Gasteiger partial charge in [-0.1, -0.05) is 65.2 Å². The number of hydrogen-bond donors (Lipinski definition) is 4. The van der Waals surface area contributed by atoms with Crippen LogP contribution < -0.4 is 5.73 Å². The van der Waals surface area contributed by atoms with Crippen molar-refractivity contribution < 1.29 is 52.5 Å². The predicted octanol–water partition coefficient (Wildman–Crippen LogP) is 3.34. The maximum atomic E-state index is 12.7. The average molecular weight is 674 g/mol. The van der Waals surface area contributed by atoms with Crippen molar-refractivity contribution in [2.45, 2.75) is 122 Å². The van der Waals surface area contributed by atoms with Crippen molar-refractivity contribution in [3.63, 3.8) is 0 Å². The van der Waals surface area contributed by atoms with Gasteiger partial charge in [0.25, 0.3) is 0 Å². The highest BCUT2D eigenvalue weighted by atomic mass is 31.2. The standard InChI is InChI=1S/C29H48N5O11P/c1-3-5-7-9-11-13-22(35)41-15-20(44-23(36)14-12-10-8-6-4-2)16-42-46(39,40)43-17-21-25(37)26(38)29(45-21)34-19-33-24-27(30)31-18-32-28(24)34/h18-21,25-26,29,37-38H,3-17H2,1-2H3,(H,39,40)(H2,30,31,32)/t20-,21+,25?,26-,29+/m0/s1. The second-order valence-corrected chi connectivity index (χ2v) is 12.8. The number of hydrogen-bond acceptors (Lipinski definition) is 14. The fourth-order valence-electron chi connectivity index (χ4n) is 4.90. The summed E-state index contributed by atoms with van der Waals surface area (Å²) in [6, 6.07) is 0. The van der Waals surface area contributed by atoms with Crippen molar-refractivity contribution in [2.75, 3.05) is 25.6 Å². The first-order valence-corrected chi connectivity index (χ1v) is 17.5. The molecule has 3 rings (SSSR count). The molecule has 1 fully saturated rings. The number of imidazole rings is 1. The molecule has 2 aromatic heterocycles. The molecule has 2 unspecified atom stereocenters. The number of carbonyl (C=O) groups is 2. The van der Waals surface area contributed by atoms with E-state index in [-0.39, 0.29) is 36.4 Å². The third-order valence-corrected chi connectivity index (χ3v) is 8.47. The van der Waals surface area contributed by atoms with Crippen LogP contribution in [0.1, 0.15) is 97.1 Å². The summed E-state index contributed by atoms with van der Waals surface area (Å²) in [7, 11) is -4.78. The van der Waals surface area contributed by atoms with Gasteiger partial charge in [-0.25, -0.2) is 19.5 Å². The molecule has 0 spiro atoms. The predicted molar refractivity (Wildman–Crippen MR) is 165 cm³/mol. The van der Waals surface area contributed by atoms with Gasteiger partial charge in [-0.3, -0.25) is 23.2 Å². The van der Waals surface area contributed by atoms with Gasteiger partial charge in [-0.15, -0.1) is 0 Å². The number of anilines is 1. The first kappa shape index (κ1) is 37.7. The van der Waals surface area contributed by atoms with Crippen LogP contribution in [0.25, 0.3) is 11.2 Å². The van der Waals surface area contributed by atoms with E-state index < -0.39 is 63.6 Å². The fourth-order valence-corrected chi connectivity index (χ4v) is 5.66. The van der Waals surface area contributed by atoms with Crippen molar-refractivity contribution in [1.29, 1.82) is 0 Å². The number of phosphoric acid groups is 1. The topological polar surface area (TPSA) is 228 Å². The Balaban J connectivity index is 1.52. The van der Waals surface area contributed by atoms with E-state index in [1.54, 1.807) is 0 Å². The molecule has 1 saturated heterocycles. The van der Waals surface area contributed by atoms with Gasteiger partial charge >= 0.3 is 19.8 Å². The summed E-state index contributed by atoms with van der Waals surface area (Å²) in [4.78, 5) is 47.1. The van der Waals surface area contributed by atoms with Crippen molar-refractivity contribution in [3.05, 3.63) is 12.7 Å². The molecule has 3 heterocycles. The van der Waals surface area contributed by atoms with Crippen LogP contribution in [0.4, 0.5) is 5.82 Å². The number of phosphoric ester groups is 1. The minimum absolute atomic E-state index is 0.114. The molecule has 0 radical (unpaired) electrons. The summed E-state index contributed by atoms with van der Waals surface area (Å²) in [5, 5.41) is 21.2. The van der Waals surface area contributed by atoms with Gasteiger partial charge in [0, 0.05) is 12.8 Å². The molecule has 0 bridgehead atoms. The van der Waals surface area contributed by atoms with Gasteiger partial charge in [-0.05, 0) is 12.8 Å². The van der Waals surface area contributed by atoms with E-state index in [1.165, 1.54) is 17.2 Å². The summed E-state index contributed by atoms with van der Waals surface area (Å²) in [6.07, 6.45) is 5.72. The second-order valence-electron chi connectivity index (χ2n) is 11.3. The quantitative estimate of drug-likeness (QED) is 0.0798. The molecular weight excluding hydrogens is 625 g/mol. The molecule has 0 aliphatic carbocycles. The number of ether oxygens (including phenoxy) is 3. The first-order chi connectivity index (χ1) is 22.1. The number of aliphatic hydroxyl groups is 2. The number of nitrogen functional groups attached to an aromatic ring is 1. The normalized spacial score (nSPS) is 21.7. The Morgan fingerprint density at radius 3 is 2.26 bits per heavy atom. The molecule has 0 amide bonds. The van der Waals surface area contributed by atoms with Gasteiger partial charge in [0.1, 0.15) is 36.8 Å². The second kappa shape index (κ2) is 19.2. The molecule has 2 aromatic rings. The molecule has 1 aliphatic heterocycles. The first-order valence-electron chi connectivity index (χ1n) is 16.0. The largest absolute Gasteiger partial charge is 0.472 e. The van der Waals surface area contributed by atoms with Crippen LogP contribution in [0.2, 0.25) is 0 Å². The van der Waals surface area contributed by atoms with Crippen LogP contribution in [0.5, 0.6) is 0 Å². The van der Waals surface area contributed by atoms with Gasteiger partial charge < -0.3 is 35.1 Å². The van der Waals surface area contributed by atoms with Gasteiger partial charge in [0.05, 0.1) is 19.5 Å². The Morgan fingerprint density at radius 1 is 0.935 bits per heavy atom. The van der Waals surface area contributed by atoms with Crippen LogP contribution in [0.15, 0.2) is 12.7 Å². The lowest BCUT2D eigenvalue weighted by Crippen LogP contribution is -2.34. The van der Waals surface area contributed by atoms with E-state index in [0.717, 1.165) is 51.4 Å². The van der Waals surface area contributed by atoms with Crippen LogP contribution in [0, 0.1) is 0 Å². The minimum atomic E-state index is -4.78. The zero-order valence-corrected chi connectivity index (χ0v) is 27.5. The summed E-state index contributed by atoms with van der Waals surface area (Å²) in [5.74, 6) is -0.903. The zero-order valence-electron chi connectivity index (χ0n) is 26.6. The molecule has 17 heteroatoms. The van der Waals surface area contributed by atoms with E-state index >= 15 is 0 Å². The minimum Gasteiger partial charge on any atom is -0.462 e. The maximum Gasteiger partial charge on any atom is 0.472 e. The van der Waals surface area contributed by atoms with E-state index in [1.807, 2.05) is 0 Å². The monoisotopic (exact) mass is 673 g/mol. The lowest BCUT2D eigenvalue weighted by Gasteiger charge is -2.21. The molecule has 6 atom stereocenters. The molecule has 0 aromatic carbocycles. The van der Waals surface area contributed by atoms with Crippen LogP contribution in [-0.2, 0) is 37.4 Å². The highest BCUT2D eigenvalue weighted by Crippen LogP contribution is 2.44. The number of nitrogens with zero attached hydrogens (tertiary/aromatic N) is 4. The van der Waals surface area contributed by atoms with Gasteiger partial charge in [0.15, 0.2) is 23.8 Å². The zero-order chi connectivity index (χ0) is 33.5. The van der Waals surface area contributed by atoms with E-state index in [4.69, 9.17) is 29.0 Å². The Hall–Kier alpha value is -2.72. The van der Waals surface area contributed by atoms with Crippen LogP contribution in [0.3, 0.4) is 0 Å². The molecule has 260 valence electrons. The summed E-state index contributed by atoms with van der Waals surface area (Å²) in [5.41, 5.74) is 6.33. The number of fused-ring (bicyclic) bond motifs is 1. The van der Waals surface area contributed by atoms with Crippen molar-refractivity contribution in [1.82, 2.24) is 19.5 Å². The molecule has 0 saturated carbocycles. The van der Waals surface area contributed by atoms with Crippen molar-refractivity contribution in [3.8, 4) is 0 Å². The molecule has 46 heavy (non-hydrogen) atoms. The molecular formula is C29H48N5O11P. The lowest BCUT2D eigenvalue weighted by molar-refractivity contribution is -0.161. The Morgan fingerprint density at radius 2 is 1.59 bits per heavy atom. The van der Waals surface area contributed by atoms with Crippen LogP contribution in [-0.4, -0.2) is 90.8 Å². The number of aliphatic hydroxyl groups excluding tert-OH is 2. The molecule has 5 N–H and O–H groups in total. The van der Waals surface area contributed by atoms with E-state index in [0.29, 0.717) is 12.8 Å². The highest BCUT2D eigenvalue weighted by molar-refractivity contribution is 7.47. The lowest BCUT2D eigenvalue weighted by atomic mass is 10.1. The number of rotatable bonds is 22. The summed E-state index contributed by atoms with van der Waals surface area (Å²) in [6.45, 7) is 2.60. The summed E-state index contributed by atoms with van der Waals surface area (Å²) >= 11 is 0. The van der Waals surface area contributed by atoms with E-state index in [2.05, 4.69) is 28.8 Å². The van der Waals surface area contributed by atoms with E-state index in [9.17, 15) is 29.3 Å². The average Bonchev–Trinajstić information content (AvgIpc) is 3.58. The Bertz CT molecular complexity index is 1280. The van der Waals surface area contributed by atoms with Crippen LogP contribution >= 0.6 is 7.82 Å². The number of esters is 2. The number of unbranched alkanes of at least 4 members (excludes halogenated alkanes) is 8.